The van der Waals surface area contributed by atoms with Crippen LogP contribution in [-0.4, -0.2) is 23.4 Å². The Morgan fingerprint density at radius 2 is 2.19 bits per heavy atom. The van der Waals surface area contributed by atoms with E-state index in [1.165, 1.54) is 31.8 Å². The molecule has 16 heavy (non-hydrogen) atoms. The maximum absolute atomic E-state index is 11.8. The summed E-state index contributed by atoms with van der Waals surface area (Å²) in [5.41, 5.74) is 0.865. The van der Waals surface area contributed by atoms with E-state index >= 15 is 0 Å². The third kappa shape index (κ3) is 0.922. The van der Waals surface area contributed by atoms with Crippen molar-refractivity contribution in [2.24, 2.45) is 16.7 Å². The van der Waals surface area contributed by atoms with Crippen molar-refractivity contribution < 1.29 is 4.79 Å². The minimum Gasteiger partial charge on any atom is -0.336 e. The van der Waals surface area contributed by atoms with Crippen LogP contribution < -0.4 is 0 Å². The van der Waals surface area contributed by atoms with Gasteiger partial charge in [0.1, 0.15) is 0 Å². The maximum Gasteiger partial charge on any atom is 0.246 e. The van der Waals surface area contributed by atoms with Crippen LogP contribution in [0.2, 0.25) is 0 Å². The molecule has 0 N–H and O–H groups in total. The number of rotatable bonds is 1. The van der Waals surface area contributed by atoms with E-state index in [1.54, 1.807) is 0 Å². The molecule has 3 atom stereocenters. The van der Waals surface area contributed by atoms with E-state index in [-0.39, 0.29) is 5.91 Å². The molecule has 2 nitrogen and oxygen atoms in total. The standard InChI is InChI=1S/C14H21NO/c1-4-12(16)15-8-7-14-6-5-10(9-11(14)15)13(14,2)3/h4,10-11H,1,5-9H2,2-3H3/t10?,11-,14?/m1/s1. The Bertz CT molecular complexity index is 360. The molecule has 0 aromatic carbocycles. The average Bonchev–Trinajstić information content (AvgIpc) is 2.83. The number of likely N-dealkylation sites (tertiary alicyclic amines) is 1. The van der Waals surface area contributed by atoms with Crippen molar-refractivity contribution in [1.29, 1.82) is 0 Å². The topological polar surface area (TPSA) is 20.3 Å². The Hall–Kier alpha value is -0.790. The molecule has 1 heterocycles. The van der Waals surface area contributed by atoms with E-state index < -0.39 is 0 Å². The van der Waals surface area contributed by atoms with Gasteiger partial charge in [0.2, 0.25) is 5.91 Å². The molecule has 88 valence electrons. The fourth-order valence-electron chi connectivity index (χ4n) is 4.92. The van der Waals surface area contributed by atoms with Gasteiger partial charge in [-0.3, -0.25) is 4.79 Å². The van der Waals surface area contributed by atoms with Crippen molar-refractivity contribution in [2.75, 3.05) is 6.54 Å². The van der Waals surface area contributed by atoms with Crippen LogP contribution in [0.1, 0.15) is 39.5 Å². The minimum atomic E-state index is 0.144. The summed E-state index contributed by atoms with van der Waals surface area (Å²) >= 11 is 0. The molecule has 2 heteroatoms. The number of carbonyl (C=O) groups is 1. The summed E-state index contributed by atoms with van der Waals surface area (Å²) in [5.74, 6) is 0.975. The van der Waals surface area contributed by atoms with Gasteiger partial charge in [0.05, 0.1) is 0 Å². The lowest BCUT2D eigenvalue weighted by molar-refractivity contribution is -0.127. The number of hydrogen-bond acceptors (Lipinski definition) is 1. The first-order valence-corrected chi connectivity index (χ1v) is 6.46. The Morgan fingerprint density at radius 3 is 2.81 bits per heavy atom. The Kier molecular flexibility index (Phi) is 1.88. The molecule has 0 aromatic rings. The molecular formula is C14H21NO. The fourth-order valence-corrected chi connectivity index (χ4v) is 4.92. The Balaban J connectivity index is 1.97. The van der Waals surface area contributed by atoms with Gasteiger partial charge in [0.15, 0.2) is 0 Å². The largest absolute Gasteiger partial charge is 0.336 e. The van der Waals surface area contributed by atoms with E-state index in [2.05, 4.69) is 25.3 Å². The molecule has 1 saturated heterocycles. The van der Waals surface area contributed by atoms with Crippen molar-refractivity contribution in [1.82, 2.24) is 4.90 Å². The molecule has 1 amide bonds. The summed E-state index contributed by atoms with van der Waals surface area (Å²) in [4.78, 5) is 13.9. The van der Waals surface area contributed by atoms with Crippen LogP contribution in [0.4, 0.5) is 0 Å². The average molecular weight is 219 g/mol. The summed E-state index contributed by atoms with van der Waals surface area (Å²) in [6.45, 7) is 9.42. The summed E-state index contributed by atoms with van der Waals surface area (Å²) in [7, 11) is 0. The third-order valence-electron chi connectivity index (χ3n) is 6.02. The lowest BCUT2D eigenvalue weighted by Crippen LogP contribution is -2.42. The lowest BCUT2D eigenvalue weighted by Gasteiger charge is -2.38. The molecule has 2 unspecified atom stereocenters. The lowest BCUT2D eigenvalue weighted by atomic mass is 9.67. The number of amides is 1. The van der Waals surface area contributed by atoms with Crippen LogP contribution in [0.3, 0.4) is 0 Å². The minimum absolute atomic E-state index is 0.144. The molecule has 2 bridgehead atoms. The highest BCUT2D eigenvalue weighted by molar-refractivity contribution is 5.87. The van der Waals surface area contributed by atoms with Crippen LogP contribution in [-0.2, 0) is 4.79 Å². The van der Waals surface area contributed by atoms with Gasteiger partial charge < -0.3 is 4.90 Å². The second-order valence-electron chi connectivity index (χ2n) is 6.35. The van der Waals surface area contributed by atoms with Gasteiger partial charge in [-0.25, -0.2) is 0 Å². The maximum atomic E-state index is 11.8. The highest BCUT2D eigenvalue weighted by Gasteiger charge is 2.67. The number of nitrogens with zero attached hydrogens (tertiary/aromatic N) is 1. The van der Waals surface area contributed by atoms with E-state index in [1.807, 2.05) is 0 Å². The molecule has 3 fully saturated rings. The SMILES string of the molecule is C=CC(=O)N1CCC23CCC(C[C@@H]12)C3(C)C. The van der Waals surface area contributed by atoms with Crippen LogP contribution in [0.25, 0.3) is 0 Å². The van der Waals surface area contributed by atoms with Crippen molar-refractivity contribution in [3.8, 4) is 0 Å². The molecule has 3 rings (SSSR count). The smallest absolute Gasteiger partial charge is 0.246 e. The Labute approximate surface area is 97.7 Å². The zero-order chi connectivity index (χ0) is 11.6. The second-order valence-corrected chi connectivity index (χ2v) is 6.35. The molecular weight excluding hydrogens is 198 g/mol. The molecule has 2 saturated carbocycles. The molecule has 0 aromatic heterocycles. The van der Waals surface area contributed by atoms with Gasteiger partial charge >= 0.3 is 0 Å². The second kappa shape index (κ2) is 2.91. The van der Waals surface area contributed by atoms with Crippen LogP contribution in [0.5, 0.6) is 0 Å². The van der Waals surface area contributed by atoms with Crippen molar-refractivity contribution in [2.45, 2.75) is 45.6 Å². The predicted molar refractivity (Wildman–Crippen MR) is 63.9 cm³/mol. The highest BCUT2D eigenvalue weighted by atomic mass is 16.2. The zero-order valence-electron chi connectivity index (χ0n) is 10.3. The first-order chi connectivity index (χ1) is 7.53. The molecule has 1 aliphatic heterocycles. The van der Waals surface area contributed by atoms with Crippen LogP contribution in [0.15, 0.2) is 12.7 Å². The van der Waals surface area contributed by atoms with Gasteiger partial charge in [-0.2, -0.15) is 0 Å². The van der Waals surface area contributed by atoms with Crippen LogP contribution >= 0.6 is 0 Å². The van der Waals surface area contributed by atoms with Crippen LogP contribution in [0, 0.1) is 16.7 Å². The fraction of sp³-hybridized carbons (Fsp3) is 0.786. The van der Waals surface area contributed by atoms with E-state index in [9.17, 15) is 4.79 Å². The quantitative estimate of drug-likeness (QED) is 0.621. The van der Waals surface area contributed by atoms with Crippen molar-refractivity contribution >= 4 is 5.91 Å². The predicted octanol–water partition coefficient (Wildman–Crippen LogP) is 2.60. The van der Waals surface area contributed by atoms with Gasteiger partial charge in [-0.05, 0) is 48.5 Å². The number of hydrogen-bond donors (Lipinski definition) is 0. The van der Waals surface area contributed by atoms with E-state index in [0.29, 0.717) is 16.9 Å². The summed E-state index contributed by atoms with van der Waals surface area (Å²) in [6.07, 6.45) is 6.63. The number of fused-ring (bicyclic) bond motifs is 1. The molecule has 0 radical (unpaired) electrons. The van der Waals surface area contributed by atoms with E-state index in [0.717, 1.165) is 12.5 Å². The normalized spacial score (nSPS) is 43.5. The first kappa shape index (κ1) is 10.4. The molecule has 3 aliphatic rings. The van der Waals surface area contributed by atoms with Crippen molar-refractivity contribution in [3.63, 3.8) is 0 Å². The van der Waals surface area contributed by atoms with E-state index in [4.69, 9.17) is 0 Å². The summed E-state index contributed by atoms with van der Waals surface area (Å²) < 4.78 is 0. The molecule has 2 aliphatic carbocycles. The first-order valence-electron chi connectivity index (χ1n) is 6.46. The van der Waals surface area contributed by atoms with Gasteiger partial charge in [-0.15, -0.1) is 0 Å². The van der Waals surface area contributed by atoms with Gasteiger partial charge in [0, 0.05) is 12.6 Å². The van der Waals surface area contributed by atoms with Gasteiger partial charge in [-0.1, -0.05) is 20.4 Å². The van der Waals surface area contributed by atoms with Gasteiger partial charge in [0.25, 0.3) is 0 Å². The summed E-state index contributed by atoms with van der Waals surface area (Å²) in [6, 6.07) is 0.506. The zero-order valence-corrected chi connectivity index (χ0v) is 10.3. The van der Waals surface area contributed by atoms with Crippen molar-refractivity contribution in [3.05, 3.63) is 12.7 Å². The monoisotopic (exact) mass is 219 g/mol. The molecule has 1 spiro atoms. The summed E-state index contributed by atoms with van der Waals surface area (Å²) in [5, 5.41) is 0. The number of carbonyl (C=O) groups excluding carboxylic acids is 1. The third-order valence-corrected chi connectivity index (χ3v) is 6.02. The highest BCUT2D eigenvalue weighted by Crippen LogP contribution is 2.70. The Morgan fingerprint density at radius 1 is 1.44 bits per heavy atom.